The molecule has 0 aliphatic heterocycles. The Morgan fingerprint density at radius 2 is 1.97 bits per heavy atom. The Morgan fingerprint density at radius 3 is 2.55 bits per heavy atom. The molecule has 7 nitrogen and oxygen atoms in total. The summed E-state index contributed by atoms with van der Waals surface area (Å²) < 4.78 is 6.63. The number of ether oxygens (including phenoxy) is 1. The van der Waals surface area contributed by atoms with E-state index >= 15 is 0 Å². The van der Waals surface area contributed by atoms with Gasteiger partial charge in [0.05, 0.1) is 18.3 Å². The predicted octanol–water partition coefficient (Wildman–Crippen LogP) is 3.81. The van der Waals surface area contributed by atoms with E-state index < -0.39 is 24.0 Å². The molecule has 0 aliphatic rings. The summed E-state index contributed by atoms with van der Waals surface area (Å²) in [6.07, 6.45) is 2.72. The molecular weight excluding hydrogens is 416 g/mol. The van der Waals surface area contributed by atoms with Gasteiger partial charge in [-0.15, -0.1) is 0 Å². The molecule has 0 saturated carbocycles. The van der Waals surface area contributed by atoms with Gasteiger partial charge < -0.3 is 10.1 Å². The summed E-state index contributed by atoms with van der Waals surface area (Å²) in [5, 5.41) is 16.7. The van der Waals surface area contributed by atoms with Gasteiger partial charge >= 0.3 is 5.97 Å². The molecule has 0 radical (unpaired) electrons. The van der Waals surface area contributed by atoms with Gasteiger partial charge in [-0.25, -0.2) is 9.48 Å². The van der Waals surface area contributed by atoms with Crippen LogP contribution in [0.5, 0.6) is 0 Å². The lowest BCUT2D eigenvalue weighted by atomic mass is 9.90. The van der Waals surface area contributed by atoms with Gasteiger partial charge in [-0.1, -0.05) is 55.3 Å². The normalized spacial score (nSPS) is 13.1. The Balaban J connectivity index is 1.98. The fraction of sp³-hybridized carbons (Fsp3) is 0.391. The highest BCUT2D eigenvalue weighted by Gasteiger charge is 2.30. The highest BCUT2D eigenvalue weighted by Crippen LogP contribution is 2.22. The van der Waals surface area contributed by atoms with Crippen LogP contribution >= 0.6 is 11.6 Å². The topological polar surface area (TPSA) is 97.0 Å². The zero-order chi connectivity index (χ0) is 23.2. The third-order valence-corrected chi connectivity index (χ3v) is 5.48. The fourth-order valence-corrected chi connectivity index (χ4v) is 2.99. The first-order valence-electron chi connectivity index (χ1n) is 9.91. The minimum atomic E-state index is -1.03. The van der Waals surface area contributed by atoms with Crippen LogP contribution in [-0.2, 0) is 20.9 Å². The Kier molecular flexibility index (Phi) is 8.01. The molecule has 1 aromatic heterocycles. The second-order valence-electron chi connectivity index (χ2n) is 7.89. The molecule has 1 heterocycles. The van der Waals surface area contributed by atoms with Gasteiger partial charge in [0.25, 0.3) is 5.91 Å². The number of hydrogen-bond donors (Lipinski definition) is 1. The molecule has 2 rings (SSSR count). The van der Waals surface area contributed by atoms with E-state index in [4.69, 9.17) is 16.3 Å². The number of aromatic nitrogens is 2. The summed E-state index contributed by atoms with van der Waals surface area (Å²) in [4.78, 5) is 24.0. The van der Waals surface area contributed by atoms with Crippen LogP contribution in [0.2, 0.25) is 5.15 Å². The molecule has 1 unspecified atom stereocenters. The van der Waals surface area contributed by atoms with Crippen LogP contribution in [0, 0.1) is 31.1 Å². The van der Waals surface area contributed by atoms with E-state index in [1.807, 2.05) is 45.0 Å². The fourth-order valence-electron chi connectivity index (χ4n) is 2.69. The second kappa shape index (κ2) is 10.3. The first-order chi connectivity index (χ1) is 14.6. The molecule has 0 bridgehead atoms. The monoisotopic (exact) mass is 442 g/mol. The van der Waals surface area contributed by atoms with Gasteiger partial charge in [0.2, 0.25) is 0 Å². The number of hydrogen-bond acceptors (Lipinski definition) is 5. The van der Waals surface area contributed by atoms with E-state index in [-0.39, 0.29) is 5.92 Å². The van der Waals surface area contributed by atoms with Crippen molar-refractivity contribution in [2.45, 2.75) is 46.7 Å². The summed E-state index contributed by atoms with van der Waals surface area (Å²) >= 11 is 6.44. The first-order valence-corrected chi connectivity index (χ1v) is 10.3. The summed E-state index contributed by atoms with van der Waals surface area (Å²) in [6, 6.07) is 10.1. The van der Waals surface area contributed by atoms with Gasteiger partial charge in [-0.2, -0.15) is 10.4 Å². The number of nitrogens with one attached hydrogen (secondary N) is 1. The SMILES string of the molecule is Cc1ccc(Cn2nc(C)c(/C=C/C(=O)OCC(=O)NC(C)(C#N)C(C)C)c2Cl)cc1. The van der Waals surface area contributed by atoms with E-state index in [2.05, 4.69) is 16.5 Å². The number of amides is 1. The van der Waals surface area contributed by atoms with Crippen molar-refractivity contribution in [1.82, 2.24) is 15.1 Å². The lowest BCUT2D eigenvalue weighted by molar-refractivity contribution is -0.144. The van der Waals surface area contributed by atoms with Crippen molar-refractivity contribution >= 4 is 29.6 Å². The van der Waals surface area contributed by atoms with Crippen LogP contribution in [0.15, 0.2) is 30.3 Å². The average molecular weight is 443 g/mol. The van der Waals surface area contributed by atoms with Crippen molar-refractivity contribution in [2.24, 2.45) is 5.92 Å². The Bertz CT molecular complexity index is 1020. The van der Waals surface area contributed by atoms with Gasteiger partial charge in [0.1, 0.15) is 10.7 Å². The molecule has 1 amide bonds. The summed E-state index contributed by atoms with van der Waals surface area (Å²) in [6.45, 7) is 9.11. The maximum absolute atomic E-state index is 12.0. The zero-order valence-electron chi connectivity index (χ0n) is 18.4. The largest absolute Gasteiger partial charge is 0.452 e. The van der Waals surface area contributed by atoms with Crippen LogP contribution in [-0.4, -0.2) is 33.8 Å². The molecule has 0 spiro atoms. The Labute approximate surface area is 187 Å². The number of esters is 1. The van der Waals surface area contributed by atoms with E-state index in [1.54, 1.807) is 18.5 Å². The molecule has 8 heteroatoms. The van der Waals surface area contributed by atoms with Crippen molar-refractivity contribution in [1.29, 1.82) is 5.26 Å². The van der Waals surface area contributed by atoms with Crippen molar-refractivity contribution < 1.29 is 14.3 Å². The highest BCUT2D eigenvalue weighted by molar-refractivity contribution is 6.31. The Hall–Kier alpha value is -3.11. The van der Waals surface area contributed by atoms with Crippen LogP contribution in [0.4, 0.5) is 0 Å². The lowest BCUT2D eigenvalue weighted by Gasteiger charge is -2.27. The lowest BCUT2D eigenvalue weighted by Crippen LogP contribution is -2.50. The zero-order valence-corrected chi connectivity index (χ0v) is 19.2. The number of carbonyl (C=O) groups is 2. The molecule has 0 saturated heterocycles. The molecule has 0 aliphatic carbocycles. The molecule has 31 heavy (non-hydrogen) atoms. The molecule has 164 valence electrons. The quantitative estimate of drug-likeness (QED) is 0.495. The maximum atomic E-state index is 12.0. The number of halogens is 1. The number of nitrogens with zero attached hydrogens (tertiary/aromatic N) is 3. The van der Waals surface area contributed by atoms with Crippen molar-refractivity contribution in [2.75, 3.05) is 6.61 Å². The summed E-state index contributed by atoms with van der Waals surface area (Å²) in [5.74, 6) is -1.33. The summed E-state index contributed by atoms with van der Waals surface area (Å²) in [5.41, 5.74) is 2.47. The minimum absolute atomic E-state index is 0.0985. The van der Waals surface area contributed by atoms with Crippen LogP contribution < -0.4 is 5.32 Å². The average Bonchev–Trinajstić information content (AvgIpc) is 2.98. The molecule has 2 aromatic rings. The molecule has 1 aromatic carbocycles. The predicted molar refractivity (Wildman–Crippen MR) is 119 cm³/mol. The van der Waals surface area contributed by atoms with Crippen LogP contribution in [0.1, 0.15) is 43.2 Å². The second-order valence-corrected chi connectivity index (χ2v) is 8.25. The van der Waals surface area contributed by atoms with Crippen LogP contribution in [0.25, 0.3) is 6.08 Å². The standard InChI is InChI=1S/C23H27ClN4O3/c1-15(2)23(5,14-25)26-20(29)13-31-21(30)11-10-19-17(4)27-28(22(19)24)12-18-8-6-16(3)7-9-18/h6-11,15H,12-13H2,1-5H3,(H,26,29)/b11-10+. The van der Waals surface area contributed by atoms with E-state index in [0.29, 0.717) is 23.0 Å². The number of aryl methyl sites for hydroxylation is 2. The van der Waals surface area contributed by atoms with Crippen molar-refractivity contribution in [3.8, 4) is 6.07 Å². The number of benzene rings is 1. The molecule has 1 N–H and O–H groups in total. The number of nitriles is 1. The van der Waals surface area contributed by atoms with Gasteiger partial charge in [0.15, 0.2) is 6.61 Å². The smallest absolute Gasteiger partial charge is 0.331 e. The maximum Gasteiger partial charge on any atom is 0.331 e. The number of carbonyl (C=O) groups excluding carboxylic acids is 2. The molecular formula is C23H27ClN4O3. The van der Waals surface area contributed by atoms with Gasteiger partial charge in [-0.05, 0) is 38.3 Å². The minimum Gasteiger partial charge on any atom is -0.452 e. The molecule has 0 fully saturated rings. The molecule has 1 atom stereocenters. The van der Waals surface area contributed by atoms with Crippen molar-refractivity contribution in [3.63, 3.8) is 0 Å². The van der Waals surface area contributed by atoms with Gasteiger partial charge in [0, 0.05) is 11.6 Å². The van der Waals surface area contributed by atoms with E-state index in [1.165, 1.54) is 17.7 Å². The first kappa shape index (κ1) is 24.2. The van der Waals surface area contributed by atoms with E-state index in [0.717, 1.165) is 5.56 Å². The third kappa shape index (κ3) is 6.43. The van der Waals surface area contributed by atoms with E-state index in [9.17, 15) is 14.9 Å². The van der Waals surface area contributed by atoms with Crippen molar-refractivity contribution in [3.05, 3.63) is 57.9 Å². The van der Waals surface area contributed by atoms with Gasteiger partial charge in [-0.3, -0.25) is 4.79 Å². The van der Waals surface area contributed by atoms with Crippen LogP contribution in [0.3, 0.4) is 0 Å². The summed E-state index contributed by atoms with van der Waals surface area (Å²) in [7, 11) is 0. The number of rotatable bonds is 8. The Morgan fingerprint density at radius 1 is 1.32 bits per heavy atom. The highest BCUT2D eigenvalue weighted by atomic mass is 35.5. The third-order valence-electron chi connectivity index (χ3n) is 5.08.